The molecule has 0 aliphatic rings. The molecular formula is C24H21Cl2N3O2S2. The van der Waals surface area contributed by atoms with E-state index in [1.54, 1.807) is 23.9 Å². The number of hydrogen-bond acceptors (Lipinski definition) is 5. The van der Waals surface area contributed by atoms with Gasteiger partial charge in [0.2, 0.25) is 5.13 Å². The maximum atomic E-state index is 12.4. The lowest BCUT2D eigenvalue weighted by Crippen LogP contribution is -2.09. The van der Waals surface area contributed by atoms with E-state index in [-0.39, 0.29) is 5.69 Å². The monoisotopic (exact) mass is 517 g/mol. The van der Waals surface area contributed by atoms with Gasteiger partial charge in [-0.3, -0.25) is 0 Å². The van der Waals surface area contributed by atoms with Crippen LogP contribution in [0.3, 0.4) is 0 Å². The van der Waals surface area contributed by atoms with Crippen molar-refractivity contribution in [2.45, 2.75) is 37.2 Å². The Bertz CT molecular complexity index is 1360. The predicted molar refractivity (Wildman–Crippen MR) is 138 cm³/mol. The van der Waals surface area contributed by atoms with Gasteiger partial charge in [0.1, 0.15) is 0 Å². The van der Waals surface area contributed by atoms with Crippen molar-refractivity contribution in [3.05, 3.63) is 69.5 Å². The van der Waals surface area contributed by atoms with Crippen molar-refractivity contribution in [3.63, 3.8) is 0 Å². The summed E-state index contributed by atoms with van der Waals surface area (Å²) in [5.74, 6) is -1.06. The molecule has 4 aromatic rings. The molecule has 2 heterocycles. The molecule has 0 spiro atoms. The lowest BCUT2D eigenvalue weighted by molar-refractivity contribution is 0.0688. The van der Waals surface area contributed by atoms with Crippen LogP contribution in [0.25, 0.3) is 27.5 Å². The van der Waals surface area contributed by atoms with E-state index >= 15 is 0 Å². The molecule has 170 valence electrons. The standard InChI is InChI=1S/C24H21Cl2N3O2S2/c1-12(2)32-23-20(16-8-9-17(25)18(26)11-16)27-24(33-23)29-21(22(30)31)19(14(4)28-29)15-7-5-6-13(3)10-15/h5-12H,1-4H3,(H,30,31). The van der Waals surface area contributed by atoms with Crippen molar-refractivity contribution in [3.8, 4) is 27.5 Å². The van der Waals surface area contributed by atoms with Gasteiger partial charge in [-0.2, -0.15) is 9.78 Å². The van der Waals surface area contributed by atoms with Gasteiger partial charge < -0.3 is 5.11 Å². The van der Waals surface area contributed by atoms with Crippen LogP contribution in [-0.2, 0) is 0 Å². The van der Waals surface area contributed by atoms with Crippen LogP contribution >= 0.6 is 46.3 Å². The Balaban J connectivity index is 1.92. The van der Waals surface area contributed by atoms with Gasteiger partial charge in [-0.05, 0) is 31.5 Å². The van der Waals surface area contributed by atoms with E-state index in [9.17, 15) is 9.90 Å². The Labute approximate surface area is 210 Å². The normalized spacial score (nSPS) is 11.4. The fourth-order valence-electron chi connectivity index (χ4n) is 3.52. The number of nitrogens with zero attached hydrogens (tertiary/aromatic N) is 3. The van der Waals surface area contributed by atoms with Crippen molar-refractivity contribution in [1.82, 2.24) is 14.8 Å². The summed E-state index contributed by atoms with van der Waals surface area (Å²) in [4.78, 5) is 17.2. The van der Waals surface area contributed by atoms with Crippen LogP contribution in [0, 0.1) is 13.8 Å². The van der Waals surface area contributed by atoms with Gasteiger partial charge in [0.05, 0.1) is 25.6 Å². The number of halogens is 2. The van der Waals surface area contributed by atoms with Gasteiger partial charge >= 0.3 is 5.97 Å². The fourth-order valence-corrected chi connectivity index (χ4v) is 6.29. The Morgan fingerprint density at radius 3 is 2.48 bits per heavy atom. The van der Waals surface area contributed by atoms with Crippen molar-refractivity contribution >= 4 is 52.3 Å². The molecule has 0 fully saturated rings. The van der Waals surface area contributed by atoms with Crippen molar-refractivity contribution < 1.29 is 9.90 Å². The summed E-state index contributed by atoms with van der Waals surface area (Å²) in [5, 5.41) is 16.4. The summed E-state index contributed by atoms with van der Waals surface area (Å²) in [5.41, 5.74) is 4.71. The van der Waals surface area contributed by atoms with Crippen molar-refractivity contribution in [2.24, 2.45) is 0 Å². The number of carboxylic acids is 1. The third-order valence-corrected chi connectivity index (χ3v) is 7.85. The quantitative estimate of drug-likeness (QED) is 0.264. The van der Waals surface area contributed by atoms with Crippen LogP contribution in [0.4, 0.5) is 0 Å². The second-order valence-corrected chi connectivity index (χ2v) is 11.5. The second-order valence-electron chi connectivity index (χ2n) is 7.82. The molecular weight excluding hydrogens is 497 g/mol. The first-order chi connectivity index (χ1) is 15.7. The first-order valence-corrected chi connectivity index (χ1v) is 12.6. The number of thioether (sulfide) groups is 1. The lowest BCUT2D eigenvalue weighted by atomic mass is 10.0. The lowest BCUT2D eigenvalue weighted by Gasteiger charge is -2.05. The average Bonchev–Trinajstić information content (AvgIpc) is 3.30. The Kier molecular flexibility index (Phi) is 6.86. The van der Waals surface area contributed by atoms with E-state index in [0.29, 0.717) is 31.7 Å². The smallest absolute Gasteiger partial charge is 0.355 e. The van der Waals surface area contributed by atoms with Gasteiger partial charge in [0.15, 0.2) is 5.69 Å². The summed E-state index contributed by atoms with van der Waals surface area (Å²) < 4.78 is 2.39. The molecule has 0 aliphatic carbocycles. The first-order valence-electron chi connectivity index (χ1n) is 10.2. The molecule has 0 radical (unpaired) electrons. The van der Waals surface area contributed by atoms with Crippen LogP contribution in [0.1, 0.15) is 35.6 Å². The summed E-state index contributed by atoms with van der Waals surface area (Å²) in [6.07, 6.45) is 0. The number of rotatable bonds is 6. The maximum absolute atomic E-state index is 12.4. The molecule has 0 saturated carbocycles. The molecule has 0 bridgehead atoms. The van der Waals surface area contributed by atoms with E-state index in [2.05, 4.69) is 18.9 Å². The number of carboxylic acid groups (broad SMARTS) is 1. The number of hydrogen-bond donors (Lipinski definition) is 1. The zero-order chi connectivity index (χ0) is 23.9. The highest BCUT2D eigenvalue weighted by molar-refractivity contribution is 8.01. The number of thiazole rings is 1. The highest BCUT2D eigenvalue weighted by atomic mass is 35.5. The van der Waals surface area contributed by atoms with Crippen LogP contribution in [0.2, 0.25) is 10.0 Å². The minimum atomic E-state index is -1.06. The zero-order valence-corrected chi connectivity index (χ0v) is 21.5. The number of aromatic nitrogens is 3. The fraction of sp³-hybridized carbons (Fsp3) is 0.208. The van der Waals surface area contributed by atoms with E-state index in [1.165, 1.54) is 16.0 Å². The molecule has 9 heteroatoms. The van der Waals surface area contributed by atoms with Crippen molar-refractivity contribution in [2.75, 3.05) is 0 Å². The van der Waals surface area contributed by atoms with Gasteiger partial charge in [-0.1, -0.05) is 84.3 Å². The van der Waals surface area contributed by atoms with Gasteiger partial charge in [-0.15, -0.1) is 11.8 Å². The van der Waals surface area contributed by atoms with Crippen LogP contribution in [0.15, 0.2) is 46.7 Å². The molecule has 4 rings (SSSR count). The van der Waals surface area contributed by atoms with E-state index in [1.807, 2.05) is 44.2 Å². The van der Waals surface area contributed by atoms with Gasteiger partial charge in [0, 0.05) is 16.4 Å². The summed E-state index contributed by atoms with van der Waals surface area (Å²) in [6.45, 7) is 7.99. The minimum absolute atomic E-state index is 0.0913. The van der Waals surface area contributed by atoms with E-state index in [0.717, 1.165) is 26.6 Å². The third-order valence-electron chi connectivity index (χ3n) is 4.87. The molecule has 0 unspecified atom stereocenters. The summed E-state index contributed by atoms with van der Waals surface area (Å²) in [6, 6.07) is 13.1. The van der Waals surface area contributed by atoms with E-state index in [4.69, 9.17) is 28.2 Å². The minimum Gasteiger partial charge on any atom is -0.476 e. The Morgan fingerprint density at radius 2 is 1.85 bits per heavy atom. The Morgan fingerprint density at radius 1 is 1.09 bits per heavy atom. The largest absolute Gasteiger partial charge is 0.476 e. The maximum Gasteiger partial charge on any atom is 0.355 e. The average molecular weight is 518 g/mol. The summed E-state index contributed by atoms with van der Waals surface area (Å²) in [7, 11) is 0. The zero-order valence-electron chi connectivity index (χ0n) is 18.4. The molecule has 0 aliphatic heterocycles. The number of benzene rings is 2. The van der Waals surface area contributed by atoms with E-state index < -0.39 is 5.97 Å². The molecule has 2 aromatic heterocycles. The molecule has 33 heavy (non-hydrogen) atoms. The predicted octanol–water partition coefficient (Wildman–Crippen LogP) is 7.79. The first kappa shape index (κ1) is 23.8. The topological polar surface area (TPSA) is 68.0 Å². The molecule has 0 saturated heterocycles. The number of carbonyl (C=O) groups is 1. The molecule has 0 atom stereocenters. The molecule has 0 amide bonds. The van der Waals surface area contributed by atoms with Crippen LogP contribution in [0.5, 0.6) is 0 Å². The molecule has 5 nitrogen and oxygen atoms in total. The highest BCUT2D eigenvalue weighted by Gasteiger charge is 2.26. The van der Waals surface area contributed by atoms with Gasteiger partial charge in [-0.25, -0.2) is 9.78 Å². The number of aromatic carboxylic acids is 1. The van der Waals surface area contributed by atoms with Gasteiger partial charge in [0.25, 0.3) is 0 Å². The summed E-state index contributed by atoms with van der Waals surface area (Å²) >= 11 is 15.4. The molecule has 2 aromatic carbocycles. The van der Waals surface area contributed by atoms with Crippen molar-refractivity contribution in [1.29, 1.82) is 0 Å². The SMILES string of the molecule is Cc1cccc(-c2c(C)nn(-c3nc(-c4ccc(Cl)c(Cl)c4)c(SC(C)C)s3)c2C(=O)O)c1. The second kappa shape index (κ2) is 9.50. The molecule has 1 N–H and O–H groups in total. The Hall–Kier alpha value is -2.32. The van der Waals surface area contributed by atoms with Crippen LogP contribution in [-0.4, -0.2) is 31.1 Å². The highest BCUT2D eigenvalue weighted by Crippen LogP contribution is 2.42. The van der Waals surface area contributed by atoms with Crippen LogP contribution < -0.4 is 0 Å². The number of aryl methyl sites for hydroxylation is 2. The third kappa shape index (κ3) is 4.82.